The number of hydrogen-bond donors (Lipinski definition) is 4. The normalized spacial score (nSPS) is 26.4. The highest BCUT2D eigenvalue weighted by Crippen LogP contribution is 2.36. The molecule has 0 bridgehead atoms. The molecule has 0 amide bonds. The molecule has 5 atom stereocenters. The number of carbonyl (C=O) groups is 1. The molecule has 1 aliphatic rings. The molecular formula is C21H29ClO5S. The van der Waals surface area contributed by atoms with E-state index in [4.69, 9.17) is 16.7 Å². The number of aliphatic carboxylic acids is 1. The quantitative estimate of drug-likeness (QED) is 0.317. The Balaban J connectivity index is 1.82. The molecule has 2 rings (SSSR count). The van der Waals surface area contributed by atoms with Crippen molar-refractivity contribution < 1.29 is 25.2 Å². The molecule has 1 heterocycles. The maximum Gasteiger partial charge on any atom is 0.303 e. The minimum Gasteiger partial charge on any atom is -0.481 e. The third-order valence-electron chi connectivity index (χ3n) is 5.17. The van der Waals surface area contributed by atoms with E-state index in [-0.39, 0.29) is 18.3 Å². The van der Waals surface area contributed by atoms with Crippen LogP contribution in [0.25, 0.3) is 0 Å². The molecule has 156 valence electrons. The Morgan fingerprint density at radius 3 is 2.79 bits per heavy atom. The van der Waals surface area contributed by atoms with E-state index in [1.54, 1.807) is 17.4 Å². The van der Waals surface area contributed by atoms with Crippen LogP contribution in [0.4, 0.5) is 0 Å². The molecule has 0 aliphatic heterocycles. The Hall–Kier alpha value is -1.18. The molecule has 3 unspecified atom stereocenters. The van der Waals surface area contributed by atoms with Crippen molar-refractivity contribution >= 4 is 28.9 Å². The molecule has 0 spiro atoms. The van der Waals surface area contributed by atoms with Gasteiger partial charge in [0.25, 0.3) is 0 Å². The first-order chi connectivity index (χ1) is 13.4. The fourth-order valence-corrected chi connectivity index (χ4v) is 4.73. The minimum absolute atomic E-state index is 0.110. The number of rotatable bonds is 11. The predicted octanol–water partition coefficient (Wildman–Crippen LogP) is 3.81. The molecule has 4 N–H and O–H groups in total. The molecule has 0 radical (unpaired) electrons. The summed E-state index contributed by atoms with van der Waals surface area (Å²) in [6, 6.07) is 1.85. The maximum absolute atomic E-state index is 10.5. The maximum atomic E-state index is 10.5. The second-order valence-electron chi connectivity index (χ2n) is 7.29. The fraction of sp³-hybridized carbons (Fsp3) is 0.571. The largest absolute Gasteiger partial charge is 0.481 e. The standard InChI is InChI=1S/C21H29ClO5S/c22-17-11-12-28-20(17)10-8-14(23)7-9-16-15(18(24)13-19(16)25)5-3-1-2-4-6-21(26)27/h1,3,7,9,11-12,14-16,18-19,23-25H,2,4-6,8,10,13H2,(H,26,27)/t14?,15-,16-,18?,19?/m1/s1. The molecule has 28 heavy (non-hydrogen) atoms. The zero-order valence-corrected chi connectivity index (χ0v) is 17.4. The van der Waals surface area contributed by atoms with Crippen molar-refractivity contribution in [3.8, 4) is 0 Å². The van der Waals surface area contributed by atoms with Crippen LogP contribution in [0.2, 0.25) is 5.02 Å². The Labute approximate surface area is 175 Å². The van der Waals surface area contributed by atoms with Gasteiger partial charge in [0, 0.05) is 23.6 Å². The topological polar surface area (TPSA) is 98.0 Å². The van der Waals surface area contributed by atoms with Gasteiger partial charge in [-0.2, -0.15) is 0 Å². The van der Waals surface area contributed by atoms with Crippen LogP contribution in [0.1, 0.15) is 43.4 Å². The molecular weight excluding hydrogens is 400 g/mol. The smallest absolute Gasteiger partial charge is 0.303 e. The van der Waals surface area contributed by atoms with Crippen molar-refractivity contribution in [1.82, 2.24) is 0 Å². The number of aliphatic hydroxyl groups is 3. The number of unbranched alkanes of at least 4 members (excludes halogenated alkanes) is 1. The minimum atomic E-state index is -0.798. The molecule has 0 aromatic carbocycles. The van der Waals surface area contributed by atoms with Gasteiger partial charge in [-0.25, -0.2) is 0 Å². The fourth-order valence-electron chi connectivity index (χ4n) is 3.58. The lowest BCUT2D eigenvalue weighted by atomic mass is 9.89. The van der Waals surface area contributed by atoms with Gasteiger partial charge in [-0.1, -0.05) is 35.9 Å². The van der Waals surface area contributed by atoms with Gasteiger partial charge in [0.1, 0.15) is 0 Å². The van der Waals surface area contributed by atoms with Crippen LogP contribution in [-0.4, -0.2) is 44.7 Å². The lowest BCUT2D eigenvalue weighted by Gasteiger charge is -2.19. The second kappa shape index (κ2) is 11.7. The summed E-state index contributed by atoms with van der Waals surface area (Å²) in [5.74, 6) is -1.12. The molecule has 7 heteroatoms. The summed E-state index contributed by atoms with van der Waals surface area (Å²) in [7, 11) is 0. The van der Waals surface area contributed by atoms with Crippen molar-refractivity contribution in [2.24, 2.45) is 11.8 Å². The Kier molecular flexibility index (Phi) is 9.68. The van der Waals surface area contributed by atoms with E-state index in [1.165, 1.54) is 0 Å². The van der Waals surface area contributed by atoms with Gasteiger partial charge < -0.3 is 20.4 Å². The van der Waals surface area contributed by atoms with Gasteiger partial charge in [0.15, 0.2) is 0 Å². The van der Waals surface area contributed by atoms with Crippen LogP contribution >= 0.6 is 22.9 Å². The number of halogens is 1. The average Bonchev–Trinajstić information content (AvgIpc) is 3.16. The molecule has 5 nitrogen and oxygen atoms in total. The summed E-state index contributed by atoms with van der Waals surface area (Å²) in [5.41, 5.74) is 0. The van der Waals surface area contributed by atoms with Gasteiger partial charge in [-0.15, -0.1) is 11.3 Å². The van der Waals surface area contributed by atoms with Gasteiger partial charge in [0.2, 0.25) is 0 Å². The van der Waals surface area contributed by atoms with Gasteiger partial charge in [-0.05, 0) is 49.5 Å². The average molecular weight is 429 g/mol. The number of hydrogen-bond acceptors (Lipinski definition) is 5. The van der Waals surface area contributed by atoms with E-state index in [1.807, 2.05) is 29.7 Å². The van der Waals surface area contributed by atoms with E-state index in [2.05, 4.69) is 0 Å². The van der Waals surface area contributed by atoms with Crippen molar-refractivity contribution in [3.63, 3.8) is 0 Å². The van der Waals surface area contributed by atoms with E-state index in [0.29, 0.717) is 38.5 Å². The number of thiophene rings is 1. The third kappa shape index (κ3) is 7.33. The van der Waals surface area contributed by atoms with Crippen LogP contribution in [0.3, 0.4) is 0 Å². The summed E-state index contributed by atoms with van der Waals surface area (Å²) >= 11 is 7.64. The lowest BCUT2D eigenvalue weighted by Crippen LogP contribution is -2.20. The molecule has 1 aliphatic carbocycles. The number of carboxylic acids is 1. The predicted molar refractivity (Wildman–Crippen MR) is 112 cm³/mol. The Morgan fingerprint density at radius 1 is 1.32 bits per heavy atom. The van der Waals surface area contributed by atoms with Crippen molar-refractivity contribution in [1.29, 1.82) is 0 Å². The monoisotopic (exact) mass is 428 g/mol. The Bertz CT molecular complexity index is 672. The van der Waals surface area contributed by atoms with E-state index < -0.39 is 24.3 Å². The van der Waals surface area contributed by atoms with E-state index in [0.717, 1.165) is 9.90 Å². The molecule has 1 aromatic heterocycles. The highest BCUT2D eigenvalue weighted by Gasteiger charge is 2.39. The zero-order chi connectivity index (χ0) is 20.5. The second-order valence-corrected chi connectivity index (χ2v) is 8.70. The number of carboxylic acid groups (broad SMARTS) is 1. The zero-order valence-electron chi connectivity index (χ0n) is 15.8. The highest BCUT2D eigenvalue weighted by molar-refractivity contribution is 7.10. The summed E-state index contributed by atoms with van der Waals surface area (Å²) < 4.78 is 0. The van der Waals surface area contributed by atoms with Gasteiger partial charge in [-0.3, -0.25) is 4.79 Å². The highest BCUT2D eigenvalue weighted by atomic mass is 35.5. The third-order valence-corrected chi connectivity index (χ3v) is 6.61. The first-order valence-electron chi connectivity index (χ1n) is 9.69. The molecule has 0 saturated heterocycles. The van der Waals surface area contributed by atoms with Crippen LogP contribution < -0.4 is 0 Å². The molecule has 1 saturated carbocycles. The van der Waals surface area contributed by atoms with E-state index >= 15 is 0 Å². The van der Waals surface area contributed by atoms with Crippen LogP contribution in [-0.2, 0) is 11.2 Å². The number of aliphatic hydroxyl groups excluding tert-OH is 3. The first-order valence-corrected chi connectivity index (χ1v) is 11.0. The van der Waals surface area contributed by atoms with Crippen LogP contribution in [0.15, 0.2) is 35.8 Å². The lowest BCUT2D eigenvalue weighted by molar-refractivity contribution is -0.137. The SMILES string of the molecule is O=C(O)CCCC=CC[C@H]1C(O)CC(O)[C@@H]1C=CC(O)CCc1sccc1Cl. The van der Waals surface area contributed by atoms with Gasteiger partial charge >= 0.3 is 5.97 Å². The van der Waals surface area contributed by atoms with Crippen molar-refractivity contribution in [3.05, 3.63) is 45.7 Å². The summed E-state index contributed by atoms with van der Waals surface area (Å²) in [6.07, 6.45) is 9.17. The van der Waals surface area contributed by atoms with Crippen molar-refractivity contribution in [2.75, 3.05) is 0 Å². The molecule has 1 aromatic rings. The first kappa shape index (κ1) is 23.1. The van der Waals surface area contributed by atoms with E-state index in [9.17, 15) is 20.1 Å². The van der Waals surface area contributed by atoms with Crippen LogP contribution in [0, 0.1) is 11.8 Å². The summed E-state index contributed by atoms with van der Waals surface area (Å²) in [6.45, 7) is 0. The summed E-state index contributed by atoms with van der Waals surface area (Å²) in [4.78, 5) is 11.6. The molecule has 1 fully saturated rings. The number of aryl methyl sites for hydroxylation is 1. The van der Waals surface area contributed by atoms with Crippen molar-refractivity contribution in [2.45, 2.75) is 63.3 Å². The van der Waals surface area contributed by atoms with Gasteiger partial charge in [0.05, 0.1) is 23.3 Å². The number of allylic oxidation sites excluding steroid dienone is 2. The van der Waals surface area contributed by atoms with Crippen LogP contribution in [0.5, 0.6) is 0 Å². The Morgan fingerprint density at radius 2 is 2.11 bits per heavy atom. The summed E-state index contributed by atoms with van der Waals surface area (Å²) in [5, 5.41) is 42.0.